The largest absolute Gasteiger partial charge is 0.345 e. The van der Waals surface area contributed by atoms with Gasteiger partial charge in [-0.15, -0.1) is 11.3 Å². The Balaban J connectivity index is 1.49. The van der Waals surface area contributed by atoms with Crippen molar-refractivity contribution < 1.29 is 4.79 Å². The summed E-state index contributed by atoms with van der Waals surface area (Å²) in [5.41, 5.74) is 3.15. The van der Waals surface area contributed by atoms with Crippen molar-refractivity contribution in [1.29, 1.82) is 0 Å². The van der Waals surface area contributed by atoms with Crippen LogP contribution in [-0.4, -0.2) is 15.9 Å². The van der Waals surface area contributed by atoms with Crippen molar-refractivity contribution in [3.8, 4) is 11.4 Å². The number of amides is 1. The Labute approximate surface area is 132 Å². The summed E-state index contributed by atoms with van der Waals surface area (Å²) >= 11 is 1.62. The maximum absolute atomic E-state index is 12.3. The first-order valence-electron chi connectivity index (χ1n) is 7.32. The number of anilines is 1. The minimum Gasteiger partial charge on any atom is -0.345 e. The number of carbonyl (C=O) groups is 1. The molecule has 4 nitrogen and oxygen atoms in total. The molecular weight excluding hydrogens is 294 g/mol. The van der Waals surface area contributed by atoms with Crippen molar-refractivity contribution in [1.82, 2.24) is 9.97 Å². The Morgan fingerprint density at radius 2 is 2.09 bits per heavy atom. The number of benzene rings is 1. The molecule has 1 aliphatic carbocycles. The first-order chi connectivity index (χ1) is 10.8. The molecule has 22 heavy (non-hydrogen) atoms. The zero-order valence-electron chi connectivity index (χ0n) is 11.9. The first-order valence-corrected chi connectivity index (χ1v) is 8.14. The summed E-state index contributed by atoms with van der Waals surface area (Å²) in [4.78, 5) is 21.8. The van der Waals surface area contributed by atoms with Crippen LogP contribution < -0.4 is 5.32 Å². The molecule has 0 saturated heterocycles. The third-order valence-corrected chi connectivity index (χ3v) is 5.12. The summed E-state index contributed by atoms with van der Waals surface area (Å²) in [5.74, 6) is 0.803. The average Bonchev–Trinajstić information content (AvgIpc) is 3.24. The fraction of sp³-hybridized carbons (Fsp3) is 0.176. The van der Waals surface area contributed by atoms with E-state index in [1.54, 1.807) is 23.7 Å². The molecule has 2 heterocycles. The lowest BCUT2D eigenvalue weighted by Crippen LogP contribution is -2.10. The van der Waals surface area contributed by atoms with Crippen molar-refractivity contribution >= 4 is 22.9 Å². The minimum absolute atomic E-state index is 0.0230. The average molecular weight is 309 g/mol. The molecule has 2 N–H and O–H groups in total. The van der Waals surface area contributed by atoms with Crippen LogP contribution in [0.1, 0.15) is 26.5 Å². The molecule has 3 aromatic rings. The van der Waals surface area contributed by atoms with Gasteiger partial charge in [-0.1, -0.05) is 0 Å². The van der Waals surface area contributed by atoms with E-state index in [4.69, 9.17) is 0 Å². The number of nitrogens with one attached hydrogen (secondary N) is 2. The van der Waals surface area contributed by atoms with Gasteiger partial charge < -0.3 is 10.3 Å². The van der Waals surface area contributed by atoms with Crippen molar-refractivity contribution in [3.63, 3.8) is 0 Å². The number of aromatic nitrogens is 2. The standard InChI is InChI=1S/C17H15N3OS/c21-17(15-10-12-2-1-3-14(12)22-15)20-13-6-4-11(5-7-13)16-18-8-9-19-16/h4-10H,1-3H2,(H,18,19)(H,20,21). The molecule has 1 amide bonds. The predicted octanol–water partition coefficient (Wildman–Crippen LogP) is 3.88. The van der Waals surface area contributed by atoms with E-state index in [9.17, 15) is 4.79 Å². The van der Waals surface area contributed by atoms with Crippen LogP contribution in [0, 0.1) is 0 Å². The van der Waals surface area contributed by atoms with Crippen molar-refractivity contribution in [3.05, 3.63) is 58.0 Å². The van der Waals surface area contributed by atoms with Crippen LogP contribution in [0.5, 0.6) is 0 Å². The Morgan fingerprint density at radius 3 is 2.82 bits per heavy atom. The summed E-state index contributed by atoms with van der Waals surface area (Å²) in [6.45, 7) is 0. The fourth-order valence-electron chi connectivity index (χ4n) is 2.77. The summed E-state index contributed by atoms with van der Waals surface area (Å²) in [7, 11) is 0. The summed E-state index contributed by atoms with van der Waals surface area (Å²) in [6.07, 6.45) is 6.96. The molecule has 110 valence electrons. The number of imidazole rings is 1. The molecule has 0 bridgehead atoms. The molecule has 0 fully saturated rings. The summed E-state index contributed by atoms with van der Waals surface area (Å²) < 4.78 is 0. The molecule has 0 spiro atoms. The van der Waals surface area contributed by atoms with E-state index in [-0.39, 0.29) is 5.91 Å². The maximum Gasteiger partial charge on any atom is 0.265 e. The van der Waals surface area contributed by atoms with Crippen LogP contribution in [0.2, 0.25) is 0 Å². The number of aryl methyl sites for hydroxylation is 2. The number of hydrogen-bond acceptors (Lipinski definition) is 3. The lowest BCUT2D eigenvalue weighted by Gasteiger charge is -2.04. The lowest BCUT2D eigenvalue weighted by molar-refractivity contribution is 0.103. The third kappa shape index (κ3) is 2.44. The van der Waals surface area contributed by atoms with E-state index in [0.29, 0.717) is 0 Å². The number of carbonyl (C=O) groups excluding carboxylic acids is 1. The van der Waals surface area contributed by atoms with Crippen LogP contribution in [0.25, 0.3) is 11.4 Å². The number of hydrogen-bond donors (Lipinski definition) is 2. The minimum atomic E-state index is -0.0230. The third-order valence-electron chi connectivity index (χ3n) is 3.88. The zero-order chi connectivity index (χ0) is 14.9. The van der Waals surface area contributed by atoms with Gasteiger partial charge in [0.25, 0.3) is 5.91 Å². The highest BCUT2D eigenvalue weighted by molar-refractivity contribution is 7.14. The molecule has 0 saturated carbocycles. The Hall–Kier alpha value is -2.40. The van der Waals surface area contributed by atoms with Crippen molar-refractivity contribution in [2.24, 2.45) is 0 Å². The van der Waals surface area contributed by atoms with E-state index >= 15 is 0 Å². The molecule has 0 radical (unpaired) electrons. The van der Waals surface area contributed by atoms with E-state index in [2.05, 4.69) is 15.3 Å². The molecular formula is C17H15N3OS. The van der Waals surface area contributed by atoms with Crippen molar-refractivity contribution in [2.45, 2.75) is 19.3 Å². The molecule has 1 aromatic carbocycles. The molecule has 0 aliphatic heterocycles. The van der Waals surface area contributed by atoms with E-state index in [1.807, 2.05) is 30.3 Å². The number of nitrogens with zero attached hydrogens (tertiary/aromatic N) is 1. The normalized spacial score (nSPS) is 13.1. The van der Waals surface area contributed by atoms with Crippen LogP contribution in [0.15, 0.2) is 42.7 Å². The second kappa shape index (κ2) is 5.42. The summed E-state index contributed by atoms with van der Waals surface area (Å²) in [6, 6.07) is 9.74. The second-order valence-electron chi connectivity index (χ2n) is 5.38. The SMILES string of the molecule is O=C(Nc1ccc(-c2ncc[nH]2)cc1)c1cc2c(s1)CCC2. The second-order valence-corrected chi connectivity index (χ2v) is 6.52. The Bertz CT molecular complexity index is 782. The van der Waals surface area contributed by atoms with E-state index in [1.165, 1.54) is 16.9 Å². The maximum atomic E-state index is 12.3. The molecule has 2 aromatic heterocycles. The van der Waals surface area contributed by atoms with Gasteiger partial charge >= 0.3 is 0 Å². The van der Waals surface area contributed by atoms with E-state index < -0.39 is 0 Å². The smallest absolute Gasteiger partial charge is 0.265 e. The number of rotatable bonds is 3. The molecule has 5 heteroatoms. The van der Waals surface area contributed by atoms with Gasteiger partial charge in [-0.05, 0) is 55.2 Å². The molecule has 0 unspecified atom stereocenters. The highest BCUT2D eigenvalue weighted by atomic mass is 32.1. The number of thiophene rings is 1. The quantitative estimate of drug-likeness (QED) is 0.771. The summed E-state index contributed by atoms with van der Waals surface area (Å²) in [5, 5.41) is 2.96. The van der Waals surface area contributed by atoms with Gasteiger partial charge in [-0.25, -0.2) is 4.98 Å². The topological polar surface area (TPSA) is 57.8 Å². The van der Waals surface area contributed by atoms with E-state index in [0.717, 1.165) is 34.8 Å². The highest BCUT2D eigenvalue weighted by Gasteiger charge is 2.18. The molecule has 0 atom stereocenters. The lowest BCUT2D eigenvalue weighted by atomic mass is 10.2. The number of aromatic amines is 1. The van der Waals surface area contributed by atoms with Gasteiger partial charge in [-0.3, -0.25) is 4.79 Å². The van der Waals surface area contributed by atoms with Gasteiger partial charge in [0.1, 0.15) is 5.82 Å². The fourth-order valence-corrected chi connectivity index (χ4v) is 3.92. The Kier molecular flexibility index (Phi) is 3.27. The molecule has 4 rings (SSSR count). The van der Waals surface area contributed by atoms with Crippen LogP contribution >= 0.6 is 11.3 Å². The first kappa shape index (κ1) is 13.3. The van der Waals surface area contributed by atoms with Gasteiger partial charge in [-0.2, -0.15) is 0 Å². The zero-order valence-corrected chi connectivity index (χ0v) is 12.7. The Morgan fingerprint density at radius 1 is 1.23 bits per heavy atom. The monoisotopic (exact) mass is 309 g/mol. The number of fused-ring (bicyclic) bond motifs is 1. The molecule has 1 aliphatic rings. The van der Waals surface area contributed by atoms with Crippen LogP contribution in [0.3, 0.4) is 0 Å². The van der Waals surface area contributed by atoms with Gasteiger partial charge in [0, 0.05) is 28.5 Å². The van der Waals surface area contributed by atoms with Crippen LogP contribution in [0.4, 0.5) is 5.69 Å². The number of H-pyrrole nitrogens is 1. The van der Waals surface area contributed by atoms with Crippen LogP contribution in [-0.2, 0) is 12.8 Å². The van der Waals surface area contributed by atoms with Gasteiger partial charge in [0.05, 0.1) is 4.88 Å². The van der Waals surface area contributed by atoms with Crippen molar-refractivity contribution in [2.75, 3.05) is 5.32 Å². The predicted molar refractivity (Wildman–Crippen MR) is 88.3 cm³/mol. The highest BCUT2D eigenvalue weighted by Crippen LogP contribution is 2.31. The van der Waals surface area contributed by atoms with Gasteiger partial charge in [0.15, 0.2) is 0 Å². The van der Waals surface area contributed by atoms with Gasteiger partial charge in [0.2, 0.25) is 0 Å².